The van der Waals surface area contributed by atoms with E-state index in [2.05, 4.69) is 75.8 Å². The predicted octanol–water partition coefficient (Wildman–Crippen LogP) is 8.59. The van der Waals surface area contributed by atoms with Crippen molar-refractivity contribution in [3.05, 3.63) is 105 Å². The molecule has 0 amide bonds. The van der Waals surface area contributed by atoms with Crippen LogP contribution in [-0.4, -0.2) is 62.5 Å². The molecule has 1 aliphatic heterocycles. The summed E-state index contributed by atoms with van der Waals surface area (Å²) in [5.41, 5.74) is 5.64. The topological polar surface area (TPSA) is 97.9 Å². The Kier molecular flexibility index (Phi) is 10.1. The Labute approximate surface area is 296 Å². The minimum absolute atomic E-state index is 0.0331. The van der Waals surface area contributed by atoms with Gasteiger partial charge < -0.3 is 15.5 Å². The SMILES string of the molecule is CN(C)Cc1ccccc1[C@H](Nc1cc(Cl)c2ncc(C#N)c(Nc3ccc(F)c(Cl)c3)c2c1)c1cn(C2CCN(C(C)(C)C)CC2)nn1. The highest BCUT2D eigenvalue weighted by Gasteiger charge is 2.29. The van der Waals surface area contributed by atoms with E-state index in [9.17, 15) is 9.65 Å². The van der Waals surface area contributed by atoms with Gasteiger partial charge in [-0.1, -0.05) is 52.7 Å². The van der Waals surface area contributed by atoms with Crippen LogP contribution < -0.4 is 10.6 Å². The minimum atomic E-state index is -0.533. The van der Waals surface area contributed by atoms with Gasteiger partial charge in [0.25, 0.3) is 0 Å². The summed E-state index contributed by atoms with van der Waals surface area (Å²) in [6.07, 6.45) is 5.53. The molecule has 9 nitrogen and oxygen atoms in total. The smallest absolute Gasteiger partial charge is 0.141 e. The summed E-state index contributed by atoms with van der Waals surface area (Å²) in [7, 11) is 4.09. The fourth-order valence-corrected chi connectivity index (χ4v) is 6.91. The molecule has 0 saturated carbocycles. The van der Waals surface area contributed by atoms with Crippen LogP contribution in [0.4, 0.5) is 21.5 Å². The molecule has 2 aromatic heterocycles. The van der Waals surface area contributed by atoms with Gasteiger partial charge in [0.2, 0.25) is 0 Å². The van der Waals surface area contributed by atoms with Gasteiger partial charge in [-0.25, -0.2) is 9.07 Å². The van der Waals surface area contributed by atoms with Crippen LogP contribution in [0.1, 0.15) is 68.1 Å². The number of aromatic nitrogens is 4. The van der Waals surface area contributed by atoms with Crippen molar-refractivity contribution in [3.63, 3.8) is 0 Å². The number of likely N-dealkylation sites (tertiary alicyclic amines) is 1. The average Bonchev–Trinajstić information content (AvgIpc) is 3.56. The molecule has 3 heterocycles. The number of nitriles is 1. The molecule has 0 unspecified atom stereocenters. The third-order valence-corrected chi connectivity index (χ3v) is 9.59. The van der Waals surface area contributed by atoms with E-state index >= 15 is 0 Å². The lowest BCUT2D eigenvalue weighted by molar-refractivity contribution is 0.0866. The van der Waals surface area contributed by atoms with E-state index in [-0.39, 0.29) is 22.6 Å². The van der Waals surface area contributed by atoms with E-state index in [0.717, 1.165) is 49.3 Å². The molecule has 49 heavy (non-hydrogen) atoms. The number of piperidine rings is 1. The molecule has 254 valence electrons. The van der Waals surface area contributed by atoms with Crippen molar-refractivity contribution >= 4 is 51.2 Å². The lowest BCUT2D eigenvalue weighted by Crippen LogP contribution is -2.46. The molecule has 0 spiro atoms. The number of nitrogens with zero attached hydrogens (tertiary/aromatic N) is 7. The van der Waals surface area contributed by atoms with Crippen molar-refractivity contribution in [2.45, 2.75) is 57.8 Å². The molecule has 3 aromatic carbocycles. The zero-order valence-corrected chi connectivity index (χ0v) is 29.8. The first-order valence-electron chi connectivity index (χ1n) is 16.3. The molecule has 0 bridgehead atoms. The third-order valence-electron chi connectivity index (χ3n) is 9.01. The standard InChI is InChI=1S/C37H40Cl2FN9/c1-37(2,3)48-14-12-27(13-15-48)49-22-33(45-46-49)36(28-9-7-6-8-23(28)21-47(4)5)44-26-16-29-34(43-25-10-11-32(40)30(38)17-25)24(19-41)20-42-35(29)31(39)18-26/h6-11,16-18,20,22,27,36,44H,12-15,21H2,1-5H3,(H,42,43)/t36-/m0/s1. The number of fused-ring (bicyclic) bond motifs is 1. The summed E-state index contributed by atoms with van der Waals surface area (Å²) in [5.74, 6) is -0.533. The van der Waals surface area contributed by atoms with Gasteiger partial charge >= 0.3 is 0 Å². The zero-order valence-electron chi connectivity index (χ0n) is 28.3. The van der Waals surface area contributed by atoms with Gasteiger partial charge in [0.05, 0.1) is 45.1 Å². The van der Waals surface area contributed by atoms with E-state index in [0.29, 0.717) is 38.6 Å². The summed E-state index contributed by atoms with van der Waals surface area (Å²) in [4.78, 5) is 9.16. The van der Waals surface area contributed by atoms with Crippen LogP contribution in [0.2, 0.25) is 10.0 Å². The second-order valence-corrected chi connectivity index (χ2v) is 14.6. The number of benzene rings is 3. The highest BCUT2D eigenvalue weighted by molar-refractivity contribution is 6.36. The second-order valence-electron chi connectivity index (χ2n) is 13.8. The van der Waals surface area contributed by atoms with Crippen LogP contribution in [0.25, 0.3) is 10.9 Å². The Hall–Kier alpha value is -4.27. The first-order chi connectivity index (χ1) is 23.4. The Morgan fingerprint density at radius 3 is 2.47 bits per heavy atom. The molecule has 1 aliphatic rings. The van der Waals surface area contributed by atoms with Crippen LogP contribution in [0, 0.1) is 17.1 Å². The van der Waals surface area contributed by atoms with Crippen LogP contribution >= 0.6 is 23.2 Å². The Morgan fingerprint density at radius 1 is 1.04 bits per heavy atom. The Balaban J connectivity index is 1.40. The number of anilines is 3. The molecule has 6 rings (SSSR count). The molecular formula is C37H40Cl2FN9. The van der Waals surface area contributed by atoms with Crippen LogP contribution in [0.5, 0.6) is 0 Å². The van der Waals surface area contributed by atoms with E-state index in [1.54, 1.807) is 6.07 Å². The van der Waals surface area contributed by atoms with Crippen molar-refractivity contribution in [2.24, 2.45) is 0 Å². The molecule has 12 heteroatoms. The zero-order chi connectivity index (χ0) is 34.9. The molecule has 1 fully saturated rings. The van der Waals surface area contributed by atoms with Gasteiger partial charge in [0.15, 0.2) is 0 Å². The second kappa shape index (κ2) is 14.3. The monoisotopic (exact) mass is 699 g/mol. The highest BCUT2D eigenvalue weighted by Crippen LogP contribution is 2.38. The maximum absolute atomic E-state index is 13.9. The Bertz CT molecular complexity index is 2010. The normalized spacial score (nSPS) is 15.0. The molecule has 2 N–H and O–H groups in total. The number of hydrogen-bond acceptors (Lipinski definition) is 8. The predicted molar refractivity (Wildman–Crippen MR) is 195 cm³/mol. The largest absolute Gasteiger partial charge is 0.373 e. The number of nitrogens with one attached hydrogen (secondary N) is 2. The van der Waals surface area contributed by atoms with Gasteiger partial charge in [0, 0.05) is 48.1 Å². The van der Waals surface area contributed by atoms with Crippen LogP contribution in [0.3, 0.4) is 0 Å². The van der Waals surface area contributed by atoms with E-state index in [1.807, 2.05) is 43.0 Å². The Morgan fingerprint density at radius 2 is 1.78 bits per heavy atom. The quantitative estimate of drug-likeness (QED) is 0.158. The van der Waals surface area contributed by atoms with Crippen molar-refractivity contribution in [3.8, 4) is 6.07 Å². The number of pyridine rings is 1. The molecule has 1 saturated heterocycles. The van der Waals surface area contributed by atoms with Gasteiger partial charge in [-0.2, -0.15) is 5.26 Å². The average molecular weight is 701 g/mol. The summed E-state index contributed by atoms with van der Waals surface area (Å²) >= 11 is 13.0. The number of rotatable bonds is 9. The molecule has 0 aliphatic carbocycles. The van der Waals surface area contributed by atoms with E-state index < -0.39 is 5.82 Å². The highest BCUT2D eigenvalue weighted by atomic mass is 35.5. The number of hydrogen-bond donors (Lipinski definition) is 2. The lowest BCUT2D eigenvalue weighted by atomic mass is 9.96. The van der Waals surface area contributed by atoms with Gasteiger partial charge in [0.1, 0.15) is 17.6 Å². The minimum Gasteiger partial charge on any atom is -0.373 e. The maximum atomic E-state index is 13.9. The molecular weight excluding hydrogens is 660 g/mol. The van der Waals surface area contributed by atoms with Gasteiger partial charge in [-0.05, 0) is 89.2 Å². The third kappa shape index (κ3) is 7.66. The van der Waals surface area contributed by atoms with Crippen molar-refractivity contribution < 1.29 is 4.39 Å². The van der Waals surface area contributed by atoms with Crippen molar-refractivity contribution in [1.82, 2.24) is 29.8 Å². The van der Waals surface area contributed by atoms with Crippen LogP contribution in [0.15, 0.2) is 67.0 Å². The first-order valence-corrected chi connectivity index (χ1v) is 17.1. The van der Waals surface area contributed by atoms with Gasteiger partial charge in [-0.3, -0.25) is 9.88 Å². The maximum Gasteiger partial charge on any atom is 0.141 e. The van der Waals surface area contributed by atoms with Crippen molar-refractivity contribution in [1.29, 1.82) is 5.26 Å². The first kappa shape index (κ1) is 34.6. The van der Waals surface area contributed by atoms with Crippen molar-refractivity contribution in [2.75, 3.05) is 37.8 Å². The molecule has 1 atom stereocenters. The molecule has 5 aromatic rings. The summed E-state index contributed by atoms with van der Waals surface area (Å²) in [6.45, 7) is 9.52. The summed E-state index contributed by atoms with van der Waals surface area (Å²) in [6, 6.07) is 18.5. The fourth-order valence-electron chi connectivity index (χ4n) is 6.46. The fraction of sp³-hybridized carbons (Fsp3) is 0.351. The molecule has 0 radical (unpaired) electrons. The van der Waals surface area contributed by atoms with Crippen LogP contribution in [-0.2, 0) is 6.54 Å². The number of halogens is 3. The summed E-state index contributed by atoms with van der Waals surface area (Å²) in [5, 5.41) is 27.3. The van der Waals surface area contributed by atoms with E-state index in [1.165, 1.54) is 18.3 Å². The summed E-state index contributed by atoms with van der Waals surface area (Å²) < 4.78 is 16.0. The lowest BCUT2D eigenvalue weighted by Gasteiger charge is -2.40. The van der Waals surface area contributed by atoms with Gasteiger partial charge in [-0.15, -0.1) is 5.10 Å². The van der Waals surface area contributed by atoms with E-state index in [4.69, 9.17) is 28.3 Å².